The molecule has 4 nitrogen and oxygen atoms in total. The van der Waals surface area contributed by atoms with Crippen molar-refractivity contribution < 1.29 is 14.7 Å². The highest BCUT2D eigenvalue weighted by Gasteiger charge is 2.49. The molecular weight excluding hydrogens is 346 g/mol. The van der Waals surface area contributed by atoms with Crippen molar-refractivity contribution in [1.82, 2.24) is 4.90 Å². The van der Waals surface area contributed by atoms with Gasteiger partial charge in [-0.25, -0.2) is 4.79 Å². The lowest BCUT2D eigenvalue weighted by atomic mass is 9.75. The normalized spacial score (nSPS) is 27.2. The molecule has 0 aromatic heterocycles. The Kier molecular flexibility index (Phi) is 4.37. The van der Waals surface area contributed by atoms with Crippen LogP contribution in [0.1, 0.15) is 50.4 Å². The van der Waals surface area contributed by atoms with Gasteiger partial charge in [-0.15, -0.1) is 11.8 Å². The fourth-order valence-corrected chi connectivity index (χ4v) is 5.46. The van der Waals surface area contributed by atoms with Gasteiger partial charge in [0.15, 0.2) is 5.78 Å². The largest absolute Gasteiger partial charge is 0.465 e. The number of halogens is 1. The average Bonchev–Trinajstić information content (AvgIpc) is 2.47. The standard InChI is InChI=1S/C18H22ClNO3S/c1-17(2,3)15-10-18(6-7-20(15)16(22)23)9-13(21)12-8-11(19)4-5-14(12)24-18/h4-5,8,15H,6-7,9-10H2,1-3H3,(H,22,23). The number of benzene rings is 1. The van der Waals surface area contributed by atoms with Crippen LogP contribution < -0.4 is 0 Å². The Balaban J connectivity index is 1.94. The van der Waals surface area contributed by atoms with Gasteiger partial charge in [0.25, 0.3) is 0 Å². The predicted octanol–water partition coefficient (Wildman–Crippen LogP) is 4.95. The third kappa shape index (κ3) is 3.16. The van der Waals surface area contributed by atoms with E-state index in [1.807, 2.05) is 12.1 Å². The van der Waals surface area contributed by atoms with E-state index < -0.39 is 6.09 Å². The summed E-state index contributed by atoms with van der Waals surface area (Å²) in [7, 11) is 0. The Morgan fingerprint density at radius 1 is 1.42 bits per heavy atom. The van der Waals surface area contributed by atoms with E-state index in [1.165, 1.54) is 0 Å². The molecule has 1 saturated heterocycles. The number of fused-ring (bicyclic) bond motifs is 1. The number of piperidine rings is 1. The van der Waals surface area contributed by atoms with Crippen molar-refractivity contribution in [3.63, 3.8) is 0 Å². The molecule has 0 aliphatic carbocycles. The van der Waals surface area contributed by atoms with Crippen LogP contribution in [-0.2, 0) is 0 Å². The Hall–Kier alpha value is -1.20. The maximum atomic E-state index is 12.7. The van der Waals surface area contributed by atoms with E-state index in [0.717, 1.165) is 4.90 Å². The van der Waals surface area contributed by atoms with Crippen LogP contribution in [0.2, 0.25) is 5.02 Å². The van der Waals surface area contributed by atoms with Crippen molar-refractivity contribution in [2.45, 2.75) is 55.7 Å². The number of carbonyl (C=O) groups is 2. The molecule has 2 aliphatic heterocycles. The quantitative estimate of drug-likeness (QED) is 0.705. The summed E-state index contributed by atoms with van der Waals surface area (Å²) in [6, 6.07) is 5.37. The number of carboxylic acid groups (broad SMARTS) is 1. The van der Waals surface area contributed by atoms with Gasteiger partial charge in [-0.1, -0.05) is 32.4 Å². The summed E-state index contributed by atoms with van der Waals surface area (Å²) >= 11 is 7.75. The summed E-state index contributed by atoms with van der Waals surface area (Å²) in [5, 5.41) is 10.1. The van der Waals surface area contributed by atoms with Gasteiger partial charge in [0.05, 0.1) is 0 Å². The molecule has 0 radical (unpaired) electrons. The predicted molar refractivity (Wildman–Crippen MR) is 96.2 cm³/mol. The Morgan fingerprint density at radius 3 is 2.75 bits per heavy atom. The molecular formula is C18H22ClNO3S. The number of amides is 1. The lowest BCUT2D eigenvalue weighted by Crippen LogP contribution is -2.56. The molecule has 6 heteroatoms. The fourth-order valence-electron chi connectivity index (χ4n) is 3.77. The number of likely N-dealkylation sites (tertiary alicyclic amines) is 1. The number of carbonyl (C=O) groups excluding carboxylic acids is 1. The first-order valence-corrected chi connectivity index (χ1v) is 9.32. The summed E-state index contributed by atoms with van der Waals surface area (Å²) in [5.74, 6) is 0.114. The van der Waals surface area contributed by atoms with Gasteiger partial charge in [0, 0.05) is 39.2 Å². The van der Waals surface area contributed by atoms with Crippen LogP contribution in [0, 0.1) is 5.41 Å². The molecule has 2 atom stereocenters. The molecule has 24 heavy (non-hydrogen) atoms. The zero-order valence-corrected chi connectivity index (χ0v) is 15.7. The van der Waals surface area contributed by atoms with E-state index in [-0.39, 0.29) is 22.0 Å². The van der Waals surface area contributed by atoms with Crippen LogP contribution in [-0.4, -0.2) is 39.2 Å². The van der Waals surface area contributed by atoms with Crippen LogP contribution in [0.5, 0.6) is 0 Å². The minimum absolute atomic E-state index is 0.0992. The highest BCUT2D eigenvalue weighted by molar-refractivity contribution is 8.01. The van der Waals surface area contributed by atoms with Crippen LogP contribution in [0.25, 0.3) is 0 Å². The molecule has 1 N–H and O–H groups in total. The van der Waals surface area contributed by atoms with Crippen LogP contribution in [0.15, 0.2) is 23.1 Å². The lowest BCUT2D eigenvalue weighted by Gasteiger charge is -2.50. The molecule has 0 saturated carbocycles. The summed E-state index contributed by atoms with van der Waals surface area (Å²) in [6.45, 7) is 6.67. The van der Waals surface area contributed by atoms with Crippen molar-refractivity contribution in [1.29, 1.82) is 0 Å². The highest BCUT2D eigenvalue weighted by Crippen LogP contribution is 2.52. The second-order valence-corrected chi connectivity index (χ2v) is 9.78. The topological polar surface area (TPSA) is 57.6 Å². The van der Waals surface area contributed by atoms with Gasteiger partial charge in [0.1, 0.15) is 0 Å². The highest BCUT2D eigenvalue weighted by atomic mass is 35.5. The summed E-state index contributed by atoms with van der Waals surface area (Å²) in [6.07, 6.45) is 0.973. The fraction of sp³-hybridized carbons (Fsp3) is 0.556. The average molecular weight is 368 g/mol. The third-order valence-corrected chi connectivity index (χ3v) is 6.81. The van der Waals surface area contributed by atoms with Crippen molar-refractivity contribution in [3.8, 4) is 0 Å². The summed E-state index contributed by atoms with van der Waals surface area (Å²) < 4.78 is -0.220. The van der Waals surface area contributed by atoms with E-state index in [0.29, 0.717) is 36.4 Å². The smallest absolute Gasteiger partial charge is 0.407 e. The number of ketones is 1. The first kappa shape index (κ1) is 17.6. The maximum Gasteiger partial charge on any atom is 0.407 e. The second-order valence-electron chi connectivity index (χ2n) is 7.84. The lowest BCUT2D eigenvalue weighted by molar-refractivity contribution is 0.0454. The minimum atomic E-state index is -0.871. The Bertz CT molecular complexity index is 700. The first-order valence-electron chi connectivity index (χ1n) is 8.13. The molecule has 0 bridgehead atoms. The zero-order valence-electron chi connectivity index (χ0n) is 14.1. The Labute approximate surface area is 151 Å². The molecule has 2 unspecified atom stereocenters. The second kappa shape index (κ2) is 5.95. The minimum Gasteiger partial charge on any atom is -0.465 e. The van der Waals surface area contributed by atoms with Gasteiger partial charge < -0.3 is 10.0 Å². The van der Waals surface area contributed by atoms with E-state index >= 15 is 0 Å². The number of hydrogen-bond acceptors (Lipinski definition) is 3. The molecule has 1 amide bonds. The first-order chi connectivity index (χ1) is 11.1. The van der Waals surface area contributed by atoms with E-state index in [2.05, 4.69) is 20.8 Å². The van der Waals surface area contributed by atoms with Crippen LogP contribution in [0.4, 0.5) is 4.79 Å². The summed E-state index contributed by atoms with van der Waals surface area (Å²) in [4.78, 5) is 26.8. The number of thioether (sulfide) groups is 1. The molecule has 2 heterocycles. The molecule has 1 fully saturated rings. The van der Waals surface area contributed by atoms with Gasteiger partial charge in [-0.05, 0) is 36.5 Å². The monoisotopic (exact) mass is 367 g/mol. The third-order valence-electron chi connectivity index (χ3n) is 5.05. The van der Waals surface area contributed by atoms with Crippen LogP contribution >= 0.6 is 23.4 Å². The van der Waals surface area contributed by atoms with Crippen molar-refractivity contribution >= 4 is 35.2 Å². The summed E-state index contributed by atoms with van der Waals surface area (Å²) in [5.41, 5.74) is 0.529. The van der Waals surface area contributed by atoms with E-state index in [1.54, 1.807) is 22.7 Å². The van der Waals surface area contributed by atoms with Gasteiger partial charge in [0.2, 0.25) is 0 Å². The molecule has 130 valence electrons. The van der Waals surface area contributed by atoms with Crippen molar-refractivity contribution in [2.24, 2.45) is 5.41 Å². The Morgan fingerprint density at radius 2 is 2.12 bits per heavy atom. The molecule has 1 spiro atoms. The number of rotatable bonds is 0. The van der Waals surface area contributed by atoms with Crippen molar-refractivity contribution in [3.05, 3.63) is 28.8 Å². The van der Waals surface area contributed by atoms with Crippen LogP contribution in [0.3, 0.4) is 0 Å². The molecule has 1 aromatic carbocycles. The van der Waals surface area contributed by atoms with E-state index in [9.17, 15) is 14.7 Å². The molecule has 1 aromatic rings. The number of hydrogen-bond donors (Lipinski definition) is 1. The zero-order chi connectivity index (χ0) is 17.7. The maximum absolute atomic E-state index is 12.7. The van der Waals surface area contributed by atoms with Crippen molar-refractivity contribution in [2.75, 3.05) is 6.54 Å². The SMILES string of the molecule is CC(C)(C)C1CC2(CCN1C(=O)O)CC(=O)c1cc(Cl)ccc1S2. The van der Waals surface area contributed by atoms with Gasteiger partial charge in [-0.3, -0.25) is 4.79 Å². The van der Waals surface area contributed by atoms with Gasteiger partial charge in [-0.2, -0.15) is 0 Å². The molecule has 2 aliphatic rings. The number of nitrogens with zero attached hydrogens (tertiary/aromatic N) is 1. The van der Waals surface area contributed by atoms with E-state index in [4.69, 9.17) is 11.6 Å². The molecule has 3 rings (SSSR count). The van der Waals surface area contributed by atoms with Gasteiger partial charge >= 0.3 is 6.09 Å². The number of Topliss-reactive ketones (excluding diaryl/α,β-unsaturated/α-hetero) is 1.